The predicted octanol–water partition coefficient (Wildman–Crippen LogP) is 2.96. The fraction of sp³-hybridized carbons (Fsp3) is 0.222. The SMILES string of the molecule is O=C(COc1ccc([N+](=O)[O-])cc1)Nc1cccc(NC(=O)C2CC2)c1. The average molecular weight is 355 g/mol. The van der Waals surface area contributed by atoms with Crippen molar-refractivity contribution in [1.82, 2.24) is 0 Å². The molecule has 134 valence electrons. The van der Waals surface area contributed by atoms with E-state index in [1.807, 2.05) is 0 Å². The van der Waals surface area contributed by atoms with Crippen molar-refractivity contribution in [2.45, 2.75) is 12.8 Å². The fourth-order valence-corrected chi connectivity index (χ4v) is 2.27. The van der Waals surface area contributed by atoms with Crippen LogP contribution < -0.4 is 15.4 Å². The summed E-state index contributed by atoms with van der Waals surface area (Å²) < 4.78 is 5.30. The summed E-state index contributed by atoms with van der Waals surface area (Å²) in [6.07, 6.45) is 1.84. The van der Waals surface area contributed by atoms with Crippen LogP contribution >= 0.6 is 0 Å². The van der Waals surface area contributed by atoms with E-state index in [1.54, 1.807) is 24.3 Å². The number of rotatable bonds is 7. The van der Waals surface area contributed by atoms with E-state index in [2.05, 4.69) is 10.6 Å². The molecule has 1 aliphatic rings. The maximum absolute atomic E-state index is 12.0. The van der Waals surface area contributed by atoms with Gasteiger partial charge in [-0.25, -0.2) is 0 Å². The molecule has 0 radical (unpaired) electrons. The van der Waals surface area contributed by atoms with Crippen LogP contribution in [-0.2, 0) is 9.59 Å². The molecule has 3 rings (SSSR count). The third-order valence-corrected chi connectivity index (χ3v) is 3.78. The van der Waals surface area contributed by atoms with Gasteiger partial charge in [0.05, 0.1) is 4.92 Å². The first-order valence-corrected chi connectivity index (χ1v) is 8.09. The van der Waals surface area contributed by atoms with E-state index in [1.165, 1.54) is 24.3 Å². The van der Waals surface area contributed by atoms with Crippen molar-refractivity contribution in [3.05, 3.63) is 58.6 Å². The Morgan fingerprint density at radius 1 is 1.08 bits per heavy atom. The Labute approximate surface area is 149 Å². The third kappa shape index (κ3) is 4.79. The Morgan fingerprint density at radius 3 is 2.35 bits per heavy atom. The van der Waals surface area contributed by atoms with Gasteiger partial charge < -0.3 is 15.4 Å². The molecule has 0 aliphatic heterocycles. The number of carbonyl (C=O) groups excluding carboxylic acids is 2. The standard InChI is InChI=1S/C18H17N3O5/c22-17(11-26-16-8-6-15(7-9-16)21(24)25)19-13-2-1-3-14(10-13)20-18(23)12-4-5-12/h1-3,6-10,12H,4-5,11H2,(H,19,22)(H,20,23). The van der Waals surface area contributed by atoms with Crippen molar-refractivity contribution in [3.8, 4) is 5.75 Å². The molecule has 2 aromatic rings. The molecular weight excluding hydrogens is 338 g/mol. The summed E-state index contributed by atoms with van der Waals surface area (Å²) in [4.78, 5) is 33.8. The lowest BCUT2D eigenvalue weighted by molar-refractivity contribution is -0.384. The zero-order valence-corrected chi connectivity index (χ0v) is 13.8. The van der Waals surface area contributed by atoms with Crippen LogP contribution in [0.25, 0.3) is 0 Å². The molecule has 2 amide bonds. The first-order valence-electron chi connectivity index (χ1n) is 8.09. The van der Waals surface area contributed by atoms with E-state index in [4.69, 9.17) is 4.74 Å². The number of nitrogens with zero attached hydrogens (tertiary/aromatic N) is 1. The summed E-state index contributed by atoms with van der Waals surface area (Å²) >= 11 is 0. The first kappa shape index (κ1) is 17.4. The molecule has 8 heteroatoms. The van der Waals surface area contributed by atoms with Crippen molar-refractivity contribution in [1.29, 1.82) is 0 Å². The number of amides is 2. The summed E-state index contributed by atoms with van der Waals surface area (Å²) in [6.45, 7) is -0.240. The summed E-state index contributed by atoms with van der Waals surface area (Å²) in [5.41, 5.74) is 1.11. The number of nitro groups is 1. The van der Waals surface area contributed by atoms with Gasteiger partial charge in [0.2, 0.25) is 5.91 Å². The van der Waals surface area contributed by atoms with Gasteiger partial charge in [-0.2, -0.15) is 0 Å². The Hall–Kier alpha value is -3.42. The molecule has 0 spiro atoms. The zero-order valence-electron chi connectivity index (χ0n) is 13.8. The first-order chi connectivity index (χ1) is 12.5. The molecule has 2 N–H and O–H groups in total. The van der Waals surface area contributed by atoms with Gasteiger partial charge in [-0.3, -0.25) is 19.7 Å². The van der Waals surface area contributed by atoms with Crippen LogP contribution in [0.15, 0.2) is 48.5 Å². The van der Waals surface area contributed by atoms with Gasteiger partial charge >= 0.3 is 0 Å². The largest absolute Gasteiger partial charge is 0.484 e. The molecular formula is C18H17N3O5. The van der Waals surface area contributed by atoms with Crippen molar-refractivity contribution < 1.29 is 19.2 Å². The lowest BCUT2D eigenvalue weighted by atomic mass is 10.2. The van der Waals surface area contributed by atoms with E-state index < -0.39 is 4.92 Å². The van der Waals surface area contributed by atoms with Gasteiger partial charge in [0.1, 0.15) is 5.75 Å². The highest BCUT2D eigenvalue weighted by Crippen LogP contribution is 2.30. The average Bonchev–Trinajstić information content (AvgIpc) is 3.46. The van der Waals surface area contributed by atoms with Crippen molar-refractivity contribution in [2.24, 2.45) is 5.92 Å². The Balaban J connectivity index is 1.51. The van der Waals surface area contributed by atoms with E-state index in [0.29, 0.717) is 17.1 Å². The normalized spacial score (nSPS) is 12.9. The second-order valence-electron chi connectivity index (χ2n) is 5.93. The highest BCUT2D eigenvalue weighted by atomic mass is 16.6. The minimum atomic E-state index is -0.508. The van der Waals surface area contributed by atoms with Gasteiger partial charge in [-0.1, -0.05) is 6.07 Å². The van der Waals surface area contributed by atoms with Crippen molar-refractivity contribution in [3.63, 3.8) is 0 Å². The zero-order chi connectivity index (χ0) is 18.5. The number of ether oxygens (including phenoxy) is 1. The Kier molecular flexibility index (Phi) is 5.12. The van der Waals surface area contributed by atoms with Crippen LogP contribution in [-0.4, -0.2) is 23.3 Å². The minimum absolute atomic E-state index is 0.00465. The number of benzene rings is 2. The van der Waals surface area contributed by atoms with Crippen LogP contribution in [0.1, 0.15) is 12.8 Å². The van der Waals surface area contributed by atoms with Gasteiger partial charge in [-0.05, 0) is 43.2 Å². The van der Waals surface area contributed by atoms with Crippen LogP contribution in [0.4, 0.5) is 17.1 Å². The topological polar surface area (TPSA) is 111 Å². The molecule has 8 nitrogen and oxygen atoms in total. The number of hydrogen-bond acceptors (Lipinski definition) is 5. The molecule has 1 aliphatic carbocycles. The molecule has 0 aromatic heterocycles. The third-order valence-electron chi connectivity index (χ3n) is 3.78. The Bertz CT molecular complexity index is 831. The van der Waals surface area contributed by atoms with E-state index >= 15 is 0 Å². The smallest absolute Gasteiger partial charge is 0.269 e. The fourth-order valence-electron chi connectivity index (χ4n) is 2.27. The van der Waals surface area contributed by atoms with Gasteiger partial charge in [0.25, 0.3) is 11.6 Å². The van der Waals surface area contributed by atoms with Crippen molar-refractivity contribution in [2.75, 3.05) is 17.2 Å². The number of non-ortho nitro benzene ring substituents is 1. The summed E-state index contributed by atoms with van der Waals surface area (Å²) in [7, 11) is 0. The number of nitro benzene ring substituents is 1. The van der Waals surface area contributed by atoms with Crippen LogP contribution in [0.5, 0.6) is 5.75 Å². The predicted molar refractivity (Wildman–Crippen MR) is 95.0 cm³/mol. The van der Waals surface area contributed by atoms with Gasteiger partial charge in [0, 0.05) is 29.4 Å². The van der Waals surface area contributed by atoms with Crippen LogP contribution in [0.3, 0.4) is 0 Å². The summed E-state index contributed by atoms with van der Waals surface area (Å²) in [5.74, 6) is 0.0727. The number of anilines is 2. The molecule has 2 aromatic carbocycles. The molecule has 0 unspecified atom stereocenters. The van der Waals surface area contributed by atoms with E-state index in [9.17, 15) is 19.7 Å². The summed E-state index contributed by atoms with van der Waals surface area (Å²) in [6, 6.07) is 12.3. The van der Waals surface area contributed by atoms with Gasteiger partial charge in [0.15, 0.2) is 6.61 Å². The van der Waals surface area contributed by atoms with Gasteiger partial charge in [-0.15, -0.1) is 0 Å². The van der Waals surface area contributed by atoms with Crippen LogP contribution in [0, 0.1) is 16.0 Å². The highest BCUT2D eigenvalue weighted by Gasteiger charge is 2.29. The second kappa shape index (κ2) is 7.64. The van der Waals surface area contributed by atoms with Crippen molar-refractivity contribution >= 4 is 28.9 Å². The molecule has 0 heterocycles. The lowest BCUT2D eigenvalue weighted by Gasteiger charge is -2.09. The van der Waals surface area contributed by atoms with E-state index in [0.717, 1.165) is 12.8 Å². The second-order valence-corrected chi connectivity index (χ2v) is 5.93. The molecule has 1 fully saturated rings. The monoisotopic (exact) mass is 355 g/mol. The lowest BCUT2D eigenvalue weighted by Crippen LogP contribution is -2.20. The quantitative estimate of drug-likeness (QED) is 0.586. The molecule has 1 saturated carbocycles. The van der Waals surface area contributed by atoms with E-state index in [-0.39, 0.29) is 30.0 Å². The van der Waals surface area contributed by atoms with Crippen LogP contribution in [0.2, 0.25) is 0 Å². The molecule has 26 heavy (non-hydrogen) atoms. The maximum atomic E-state index is 12.0. The Morgan fingerprint density at radius 2 is 1.73 bits per heavy atom. The maximum Gasteiger partial charge on any atom is 0.269 e. The molecule has 0 bridgehead atoms. The molecule has 0 saturated heterocycles. The number of hydrogen-bond donors (Lipinski definition) is 2. The minimum Gasteiger partial charge on any atom is -0.484 e. The number of nitrogens with one attached hydrogen (secondary N) is 2. The number of carbonyl (C=O) groups is 2. The molecule has 0 atom stereocenters. The highest BCUT2D eigenvalue weighted by molar-refractivity contribution is 5.96. The summed E-state index contributed by atoms with van der Waals surface area (Å²) in [5, 5.41) is 16.1.